The van der Waals surface area contributed by atoms with E-state index in [2.05, 4.69) is 87.6 Å². The van der Waals surface area contributed by atoms with E-state index in [4.69, 9.17) is 85.2 Å². The SMILES string of the molecule is CC1(C)CCC2(CC1)C[C@@H](C(=O)CC1CCC(O)CC1)[C@H](c1cccc(Cl)c1F)[C@]21C(=O)Nc2nc(Cl)ccc21.CC1(C)CCC2(CC1)N([C@H](c1ccccc1)[C@@H](O)c1ccccc1)[C@@H](C(=O)NC1CCC(O)CC1)[C@H](c1cccc(Cl)c1F)[C@]21C(=O)Nc2nc(Cl)ccc21.CC1(C)CCC2(CC1)N1[C@H](c3ccccc3)[C@H](c3ccccc3)OC(=O)[C@H]1[C@H](c1cccc(Cl)c1F)[C@@]21C(=O)Nc2nc(Cl)ccc21.NC1CCC(O)CC1. The zero-order valence-electron chi connectivity index (χ0n) is 85.2. The molecule has 4 amide bonds. The number of aliphatic hydroxyl groups excluding tert-OH is 4. The Bertz CT molecular complexity index is 6720. The molecule has 6 spiro atoms. The van der Waals surface area contributed by atoms with Crippen molar-refractivity contribution in [2.24, 2.45) is 39.2 Å². The van der Waals surface area contributed by atoms with E-state index < -0.39 is 128 Å². The number of anilines is 3. The molecular weight excluding hydrogens is 2030 g/mol. The second-order valence-corrected chi connectivity index (χ2v) is 49.2. The van der Waals surface area contributed by atoms with Gasteiger partial charge >= 0.3 is 5.97 Å². The minimum atomic E-state index is -1.59. The number of aliphatic hydroxyl groups is 4. The number of Topliss-reactive ketones (excluding diaryl/α,β-unsaturated/α-hetero) is 1. The third-order valence-corrected chi connectivity index (χ3v) is 38.4. The lowest BCUT2D eigenvalue weighted by Crippen LogP contribution is -2.64. The summed E-state index contributed by atoms with van der Waals surface area (Å²) >= 11 is 38.5. The van der Waals surface area contributed by atoms with Crippen molar-refractivity contribution in [3.05, 3.63) is 316 Å². The maximum absolute atomic E-state index is 17.0. The van der Waals surface area contributed by atoms with Crippen molar-refractivity contribution in [3.63, 3.8) is 0 Å². The molecule has 10 fully saturated rings. The van der Waals surface area contributed by atoms with Gasteiger partial charge in [0.25, 0.3) is 0 Å². The quantitative estimate of drug-likeness (QED) is 0.0361. The molecular formula is C120H131Cl6F3N10O11. The average molecular weight is 2160 g/mol. The van der Waals surface area contributed by atoms with E-state index in [1.165, 1.54) is 18.2 Å². The fourth-order valence-electron chi connectivity index (χ4n) is 29.4. The van der Waals surface area contributed by atoms with E-state index in [-0.39, 0.29) is 111 Å². The van der Waals surface area contributed by atoms with Gasteiger partial charge in [0, 0.05) is 69.9 Å². The molecule has 21 nitrogen and oxygen atoms in total. The first kappa shape index (κ1) is 107. The van der Waals surface area contributed by atoms with Gasteiger partial charge < -0.3 is 52.2 Å². The molecule has 7 saturated carbocycles. The van der Waals surface area contributed by atoms with E-state index in [0.29, 0.717) is 135 Å². The summed E-state index contributed by atoms with van der Waals surface area (Å²) in [7, 11) is 0. The topological polar surface area (TPSA) is 312 Å². The highest BCUT2D eigenvalue weighted by atomic mass is 35.5. The molecule has 13 atom stereocenters. The molecule has 0 unspecified atom stereocenters. The van der Waals surface area contributed by atoms with Crippen LogP contribution in [0.1, 0.15) is 306 Å². The number of carbonyl (C=O) groups excluding carboxylic acids is 6. The number of hydrogen-bond acceptors (Lipinski definition) is 17. The number of morpholine rings is 1. The lowest BCUT2D eigenvalue weighted by molar-refractivity contribution is -0.184. The summed E-state index contributed by atoms with van der Waals surface area (Å²) in [5, 5.41) is 55.1. The Morgan fingerprint density at radius 2 is 0.827 bits per heavy atom. The summed E-state index contributed by atoms with van der Waals surface area (Å²) in [6.07, 6.45) is 15.6. The van der Waals surface area contributed by atoms with Crippen LogP contribution in [0.15, 0.2) is 212 Å². The van der Waals surface area contributed by atoms with Gasteiger partial charge in [-0.25, -0.2) is 28.1 Å². The van der Waals surface area contributed by atoms with Gasteiger partial charge in [-0.05, 0) is 263 Å². The predicted octanol–water partition coefficient (Wildman–Crippen LogP) is 24.8. The Hall–Kier alpha value is -9.74. The van der Waals surface area contributed by atoms with Crippen LogP contribution in [0.5, 0.6) is 0 Å². The van der Waals surface area contributed by atoms with Crippen LogP contribution in [0, 0.1) is 50.9 Å². The molecule has 7 aromatic carbocycles. The first-order valence-corrected chi connectivity index (χ1v) is 55.6. The highest BCUT2D eigenvalue weighted by molar-refractivity contribution is 6.32. The number of likely N-dealkylation sites (tertiary alicyclic amines) is 1. The summed E-state index contributed by atoms with van der Waals surface area (Å²) in [4.78, 5) is 108. The Labute approximate surface area is 904 Å². The van der Waals surface area contributed by atoms with Crippen LogP contribution in [0.4, 0.5) is 30.6 Å². The summed E-state index contributed by atoms with van der Waals surface area (Å²) < 4.78 is 56.1. The Kier molecular flexibility index (Phi) is 30.1. The molecule has 9 heterocycles. The average Bonchev–Trinajstić information content (AvgIpc) is 1.48. The van der Waals surface area contributed by atoms with Gasteiger partial charge in [-0.15, -0.1) is 0 Å². The number of carbonyl (C=O) groups is 6. The van der Waals surface area contributed by atoms with E-state index in [9.17, 15) is 29.7 Å². The molecule has 0 radical (unpaired) electrons. The minimum absolute atomic E-state index is 0.00510. The fraction of sp³-hybridized carbons (Fsp3) is 0.475. The van der Waals surface area contributed by atoms with E-state index >= 15 is 27.6 Å². The number of aromatic nitrogens is 3. The molecule has 10 aromatic rings. The first-order valence-electron chi connectivity index (χ1n) is 53.3. The van der Waals surface area contributed by atoms with Crippen LogP contribution in [0.2, 0.25) is 30.5 Å². The van der Waals surface area contributed by atoms with E-state index in [0.717, 1.165) is 93.7 Å². The molecule has 30 heteroatoms. The molecule has 6 aliphatic heterocycles. The van der Waals surface area contributed by atoms with Gasteiger partial charge in [0.05, 0.1) is 63.0 Å². The number of benzene rings is 7. The van der Waals surface area contributed by atoms with Crippen LogP contribution in [0.25, 0.3) is 0 Å². The molecule has 150 heavy (non-hydrogen) atoms. The van der Waals surface area contributed by atoms with Gasteiger partial charge in [0.15, 0.2) is 0 Å². The van der Waals surface area contributed by atoms with E-state index in [1.807, 2.05) is 133 Å². The number of nitrogens with two attached hydrogens (primary N) is 1. The summed E-state index contributed by atoms with van der Waals surface area (Å²) in [5.74, 6) is -5.85. The molecule has 23 rings (SSSR count). The lowest BCUT2D eigenvalue weighted by atomic mass is 9.51. The van der Waals surface area contributed by atoms with Gasteiger partial charge in [-0.1, -0.05) is 287 Å². The standard InChI is InChI=1S/C44H47Cl2FN4O4.C38H34Cl2FN3O3.C32H37Cl2FN2O3.C6H13NO/c1-42(2)22-24-43(25-23-42)44(31-20-21-33(46)49-39(31)50-41(44)55)34(30-14-9-15-32(45)35(30)47)37(40(54)48-28-16-18-29(52)19-17-28)51(43)36(26-10-5-3-6-11-26)38(53)27-12-7-4-8-13-27;1-36(2)18-20-37(21-19-36)38(25-16-17-27(40)42-33(25)43-35(38)46)28(24-14-9-15-26(39)29(24)41)31-34(45)47-32(23-12-7-4-8-13-23)30(44(31)37)22-10-5-3-6-11-22;1-30(2)12-14-31(15-13-30)17-21(24(39)16-18-6-8-19(38)9-7-18)26(20-4-3-5-23(33)27(20)35)32(31)22-10-11-25(34)36-28(22)37-29(32)40;7-5-1-3-6(8)4-2-5/h3-15,20-21,28-29,34,36-38,52-53H,16-19,22-25H2,1-2H3,(H,48,54)(H,49,50,55);3-17,28,30-32H,18-21H2,1-2H3,(H,42,43,46);3-5,10-11,18-19,21,26,38H,6-9,12-17H2,1-2H3,(H,36,37,40);5-6,8H,1-4,7H2/t28?,29?,34-,36+,37+,38-,44+;28-,30+,31+,32-,38-;18?,19?,21-,26-,32+;/m000./s1. The number of hydrogen-bond donors (Lipinski definition) is 9. The van der Waals surface area contributed by atoms with E-state index in [1.54, 1.807) is 60.7 Å². The number of nitrogens with zero attached hydrogens (tertiary/aromatic N) is 5. The zero-order chi connectivity index (χ0) is 106. The van der Waals surface area contributed by atoms with Gasteiger partial charge in [0.1, 0.15) is 79.1 Å². The Morgan fingerprint density at radius 1 is 0.440 bits per heavy atom. The van der Waals surface area contributed by atoms with Crippen LogP contribution >= 0.6 is 69.6 Å². The summed E-state index contributed by atoms with van der Waals surface area (Å²) in [5.41, 5.74) is 4.45. The maximum Gasteiger partial charge on any atom is 0.324 e. The van der Waals surface area contributed by atoms with Crippen molar-refractivity contribution in [2.75, 3.05) is 16.0 Å². The molecule has 3 saturated heterocycles. The number of pyridine rings is 3. The Balaban J connectivity index is 0.000000132. The number of ketones is 1. The maximum atomic E-state index is 17.0. The second kappa shape index (κ2) is 42.2. The van der Waals surface area contributed by atoms with Gasteiger partial charge in [-0.3, -0.25) is 38.6 Å². The lowest BCUT2D eigenvalue weighted by Gasteiger charge is -2.57. The number of nitrogens with one attached hydrogen (secondary N) is 4. The van der Waals surface area contributed by atoms with Crippen molar-refractivity contribution in [2.45, 2.75) is 320 Å². The molecule has 0 bridgehead atoms. The molecule has 10 N–H and O–H groups in total. The monoisotopic (exact) mass is 2150 g/mol. The van der Waals surface area contributed by atoms with Crippen LogP contribution < -0.4 is 27.0 Å². The highest BCUT2D eigenvalue weighted by Gasteiger charge is 2.82. The van der Waals surface area contributed by atoms with Crippen molar-refractivity contribution in [1.29, 1.82) is 0 Å². The molecule has 790 valence electrons. The normalized spacial score (nSPS) is 30.1. The van der Waals surface area contributed by atoms with Gasteiger partial charge in [0.2, 0.25) is 23.6 Å². The highest BCUT2D eigenvalue weighted by Crippen LogP contribution is 2.76. The summed E-state index contributed by atoms with van der Waals surface area (Å²) in [6.45, 7) is 13.4. The fourth-order valence-corrected chi connectivity index (χ4v) is 30.4. The van der Waals surface area contributed by atoms with Gasteiger partial charge in [-0.2, -0.15) is 0 Å². The number of halogens is 9. The third-order valence-electron chi connectivity index (χ3n) is 36.9. The number of rotatable bonds is 14. The van der Waals surface area contributed by atoms with Crippen LogP contribution in [-0.2, 0) is 49.7 Å². The van der Waals surface area contributed by atoms with Crippen molar-refractivity contribution in [1.82, 2.24) is 30.1 Å². The molecule has 7 aliphatic carbocycles. The van der Waals surface area contributed by atoms with Crippen molar-refractivity contribution in [3.8, 4) is 0 Å². The number of fused-ring (bicyclic) bond motifs is 11. The van der Waals surface area contributed by atoms with Crippen molar-refractivity contribution < 1.29 is 67.1 Å². The molecule has 13 aliphatic rings. The summed E-state index contributed by atoms with van der Waals surface area (Å²) in [6, 6.07) is 60.2. The second-order valence-electron chi connectivity index (χ2n) is 46.9. The Morgan fingerprint density at radius 3 is 1.29 bits per heavy atom. The van der Waals surface area contributed by atoms with Crippen molar-refractivity contribution >= 4 is 122 Å². The first-order chi connectivity index (χ1) is 71.7. The molecule has 3 aromatic heterocycles. The number of cyclic esters (lactones) is 1. The van der Waals surface area contributed by atoms with Crippen LogP contribution in [-0.4, -0.2) is 134 Å². The number of esters is 1. The zero-order valence-corrected chi connectivity index (χ0v) is 89.7. The smallest absolute Gasteiger partial charge is 0.324 e. The predicted molar refractivity (Wildman–Crippen MR) is 577 cm³/mol. The minimum Gasteiger partial charge on any atom is -0.454 e. The number of amides is 4. The third kappa shape index (κ3) is 18.7. The largest absolute Gasteiger partial charge is 0.454 e. The number of ether oxygens (including phenoxy) is 1. The van der Waals surface area contributed by atoms with Crippen LogP contribution in [0.3, 0.4) is 0 Å².